The summed E-state index contributed by atoms with van der Waals surface area (Å²) < 4.78 is 0. The van der Waals surface area contributed by atoms with E-state index in [0.29, 0.717) is 11.7 Å². The number of hydrogen-bond acceptors (Lipinski definition) is 3. The van der Waals surface area contributed by atoms with Gasteiger partial charge in [0.1, 0.15) is 11.6 Å². The van der Waals surface area contributed by atoms with Crippen molar-refractivity contribution in [3.8, 4) is 0 Å². The van der Waals surface area contributed by atoms with Gasteiger partial charge in [0.2, 0.25) is 0 Å². The second-order valence-electron chi connectivity index (χ2n) is 6.04. The third-order valence-electron chi connectivity index (χ3n) is 2.15. The van der Waals surface area contributed by atoms with Gasteiger partial charge in [-0.25, -0.2) is 9.97 Å². The molecule has 0 atom stereocenters. The lowest BCUT2D eigenvalue weighted by molar-refractivity contribution is 0.400. The van der Waals surface area contributed by atoms with Gasteiger partial charge < -0.3 is 5.73 Å². The molecule has 0 fully saturated rings. The summed E-state index contributed by atoms with van der Waals surface area (Å²) in [5.41, 5.74) is 7.06. The molecule has 3 nitrogen and oxygen atoms in total. The first-order valence-corrected chi connectivity index (χ1v) is 5.88. The monoisotopic (exact) mass is 221 g/mol. The second kappa shape index (κ2) is 4.81. The molecule has 0 aliphatic rings. The van der Waals surface area contributed by atoms with E-state index in [0.717, 1.165) is 24.4 Å². The minimum atomic E-state index is 0.197. The minimum Gasteiger partial charge on any atom is -0.384 e. The van der Waals surface area contributed by atoms with Crippen LogP contribution in [0.25, 0.3) is 0 Å². The van der Waals surface area contributed by atoms with Gasteiger partial charge in [0.25, 0.3) is 0 Å². The largest absolute Gasteiger partial charge is 0.384 e. The SMILES string of the molecule is CC(C)Cc1cc(N)nc(CC(C)(C)C)n1. The van der Waals surface area contributed by atoms with Gasteiger partial charge in [0.05, 0.1) is 0 Å². The Morgan fingerprint density at radius 1 is 1.25 bits per heavy atom. The summed E-state index contributed by atoms with van der Waals surface area (Å²) in [6.07, 6.45) is 1.83. The predicted octanol–water partition coefficient (Wildman–Crippen LogP) is 2.85. The lowest BCUT2D eigenvalue weighted by Gasteiger charge is -2.17. The molecule has 0 spiro atoms. The molecule has 1 aromatic heterocycles. The van der Waals surface area contributed by atoms with Crippen LogP contribution in [0.15, 0.2) is 6.07 Å². The Balaban J connectivity index is 2.90. The van der Waals surface area contributed by atoms with Crippen LogP contribution in [0, 0.1) is 11.3 Å². The van der Waals surface area contributed by atoms with Crippen LogP contribution in [0.1, 0.15) is 46.1 Å². The van der Waals surface area contributed by atoms with Crippen LogP contribution in [0.4, 0.5) is 5.82 Å². The molecule has 0 saturated carbocycles. The quantitative estimate of drug-likeness (QED) is 0.854. The first-order chi connectivity index (χ1) is 7.26. The third kappa shape index (κ3) is 4.60. The number of nitrogen functional groups attached to an aromatic ring is 1. The van der Waals surface area contributed by atoms with E-state index in [4.69, 9.17) is 5.73 Å². The van der Waals surface area contributed by atoms with Crippen LogP contribution in [-0.4, -0.2) is 9.97 Å². The summed E-state index contributed by atoms with van der Waals surface area (Å²) in [6, 6.07) is 1.88. The molecule has 0 aliphatic carbocycles. The van der Waals surface area contributed by atoms with Gasteiger partial charge in [-0.1, -0.05) is 34.6 Å². The summed E-state index contributed by atoms with van der Waals surface area (Å²) >= 11 is 0. The highest BCUT2D eigenvalue weighted by molar-refractivity contribution is 5.30. The smallest absolute Gasteiger partial charge is 0.131 e. The number of rotatable bonds is 3. The van der Waals surface area contributed by atoms with Crippen molar-refractivity contribution in [1.82, 2.24) is 9.97 Å². The van der Waals surface area contributed by atoms with Gasteiger partial charge >= 0.3 is 0 Å². The number of anilines is 1. The molecule has 3 heteroatoms. The summed E-state index contributed by atoms with van der Waals surface area (Å²) in [5.74, 6) is 2.05. The Morgan fingerprint density at radius 3 is 2.38 bits per heavy atom. The molecule has 2 N–H and O–H groups in total. The topological polar surface area (TPSA) is 51.8 Å². The fourth-order valence-electron chi connectivity index (χ4n) is 1.65. The molecule has 0 radical (unpaired) electrons. The van der Waals surface area contributed by atoms with Gasteiger partial charge in [-0.15, -0.1) is 0 Å². The second-order valence-corrected chi connectivity index (χ2v) is 6.04. The lowest BCUT2D eigenvalue weighted by Crippen LogP contribution is -2.14. The van der Waals surface area contributed by atoms with Crippen LogP contribution in [0.5, 0.6) is 0 Å². The standard InChI is InChI=1S/C13H23N3/c1-9(2)6-10-7-11(14)16-12(15-10)8-13(3,4)5/h7,9H,6,8H2,1-5H3,(H2,14,15,16). The number of aromatic nitrogens is 2. The van der Waals surface area contributed by atoms with Crippen LogP contribution < -0.4 is 5.73 Å². The third-order valence-corrected chi connectivity index (χ3v) is 2.15. The van der Waals surface area contributed by atoms with Crippen molar-refractivity contribution in [2.75, 3.05) is 5.73 Å². The molecule has 0 amide bonds. The van der Waals surface area contributed by atoms with Gasteiger partial charge in [-0.05, 0) is 17.8 Å². The fourth-order valence-corrected chi connectivity index (χ4v) is 1.65. The first kappa shape index (κ1) is 12.9. The van der Waals surface area contributed by atoms with Crippen molar-refractivity contribution in [2.45, 2.75) is 47.5 Å². The zero-order valence-corrected chi connectivity index (χ0v) is 11.0. The summed E-state index contributed by atoms with van der Waals surface area (Å²) in [5, 5.41) is 0. The highest BCUT2D eigenvalue weighted by atomic mass is 14.9. The lowest BCUT2D eigenvalue weighted by atomic mass is 9.92. The van der Waals surface area contributed by atoms with Crippen LogP contribution >= 0.6 is 0 Å². The average molecular weight is 221 g/mol. The van der Waals surface area contributed by atoms with E-state index >= 15 is 0 Å². The van der Waals surface area contributed by atoms with E-state index in [9.17, 15) is 0 Å². The van der Waals surface area contributed by atoms with Gasteiger partial charge in [-0.2, -0.15) is 0 Å². The molecule has 0 unspecified atom stereocenters. The number of nitrogens with zero attached hydrogens (tertiary/aromatic N) is 2. The molecule has 90 valence electrons. The molecule has 0 bridgehead atoms. The maximum atomic E-state index is 5.80. The molecule has 0 aliphatic heterocycles. The van der Waals surface area contributed by atoms with Crippen molar-refractivity contribution in [3.05, 3.63) is 17.6 Å². The molecule has 16 heavy (non-hydrogen) atoms. The van der Waals surface area contributed by atoms with E-state index in [1.807, 2.05) is 6.07 Å². The van der Waals surface area contributed by atoms with E-state index in [2.05, 4.69) is 44.6 Å². The van der Waals surface area contributed by atoms with E-state index < -0.39 is 0 Å². The van der Waals surface area contributed by atoms with Gasteiger partial charge in [0.15, 0.2) is 0 Å². The van der Waals surface area contributed by atoms with Crippen molar-refractivity contribution in [3.63, 3.8) is 0 Å². The molecule has 0 aromatic carbocycles. The Morgan fingerprint density at radius 2 is 1.88 bits per heavy atom. The molecule has 1 heterocycles. The number of hydrogen-bond donors (Lipinski definition) is 1. The first-order valence-electron chi connectivity index (χ1n) is 5.88. The van der Waals surface area contributed by atoms with Crippen molar-refractivity contribution in [1.29, 1.82) is 0 Å². The average Bonchev–Trinajstić information content (AvgIpc) is 1.96. The summed E-state index contributed by atoms with van der Waals surface area (Å²) in [6.45, 7) is 10.9. The summed E-state index contributed by atoms with van der Waals surface area (Å²) in [4.78, 5) is 8.86. The molecular weight excluding hydrogens is 198 g/mol. The molecule has 1 aromatic rings. The van der Waals surface area contributed by atoms with Crippen LogP contribution in [-0.2, 0) is 12.8 Å². The van der Waals surface area contributed by atoms with E-state index in [1.54, 1.807) is 0 Å². The van der Waals surface area contributed by atoms with Crippen molar-refractivity contribution in [2.24, 2.45) is 11.3 Å². The fraction of sp³-hybridized carbons (Fsp3) is 0.692. The van der Waals surface area contributed by atoms with Crippen molar-refractivity contribution < 1.29 is 0 Å². The van der Waals surface area contributed by atoms with Crippen LogP contribution in [0.2, 0.25) is 0 Å². The minimum absolute atomic E-state index is 0.197. The zero-order valence-electron chi connectivity index (χ0n) is 11.0. The predicted molar refractivity (Wildman–Crippen MR) is 68.1 cm³/mol. The Labute approximate surface area is 98.5 Å². The normalized spacial score (nSPS) is 12.1. The molecular formula is C13H23N3. The summed E-state index contributed by atoms with van der Waals surface area (Å²) in [7, 11) is 0. The molecule has 1 rings (SSSR count). The highest BCUT2D eigenvalue weighted by Crippen LogP contribution is 2.19. The maximum absolute atomic E-state index is 5.80. The van der Waals surface area contributed by atoms with Gasteiger partial charge in [-0.3, -0.25) is 0 Å². The zero-order chi connectivity index (χ0) is 12.3. The Kier molecular flexibility index (Phi) is 3.89. The maximum Gasteiger partial charge on any atom is 0.131 e. The molecule has 0 saturated heterocycles. The Hall–Kier alpha value is -1.12. The van der Waals surface area contributed by atoms with Crippen LogP contribution in [0.3, 0.4) is 0 Å². The Bertz CT molecular complexity index is 351. The van der Waals surface area contributed by atoms with Crippen molar-refractivity contribution >= 4 is 5.82 Å². The highest BCUT2D eigenvalue weighted by Gasteiger charge is 2.14. The van der Waals surface area contributed by atoms with E-state index in [-0.39, 0.29) is 5.41 Å². The van der Waals surface area contributed by atoms with E-state index in [1.165, 1.54) is 0 Å². The number of nitrogens with two attached hydrogens (primary N) is 1. The van der Waals surface area contributed by atoms with Gasteiger partial charge in [0, 0.05) is 18.2 Å².